The number of hydrogen-bond donors (Lipinski definition) is 0. The third kappa shape index (κ3) is 2.83. The minimum absolute atomic E-state index is 0.220. The summed E-state index contributed by atoms with van der Waals surface area (Å²) in [4.78, 5) is 1.17. The quantitative estimate of drug-likeness (QED) is 0.650. The van der Waals surface area contributed by atoms with Gasteiger partial charge >= 0.3 is 0 Å². The Hall–Kier alpha value is -0.710. The summed E-state index contributed by atoms with van der Waals surface area (Å²) in [5.41, 5.74) is 2.22. The molecule has 20 heavy (non-hydrogen) atoms. The van der Waals surface area contributed by atoms with Crippen LogP contribution in [0.25, 0.3) is 0 Å². The Morgan fingerprint density at radius 3 is 2.60 bits per heavy atom. The minimum atomic E-state index is -0.220. The Morgan fingerprint density at radius 2 is 2.00 bits per heavy atom. The summed E-state index contributed by atoms with van der Waals surface area (Å²) in [6, 6.07) is 5.98. The average molecular weight is 376 g/mol. The summed E-state index contributed by atoms with van der Waals surface area (Å²) in [6.45, 7) is 2.14. The lowest BCUT2D eigenvalue weighted by Crippen LogP contribution is -2.00. The highest BCUT2D eigenvalue weighted by atomic mass is 79.9. The molecular formula is C15H16BrClO2S. The predicted octanol–water partition coefficient (Wildman–Crippen LogP) is 5.42. The first-order valence-electron chi connectivity index (χ1n) is 6.24. The smallest absolute Gasteiger partial charge is 0.141 e. The summed E-state index contributed by atoms with van der Waals surface area (Å²) >= 11 is 11.9. The van der Waals surface area contributed by atoms with Crippen LogP contribution >= 0.6 is 38.9 Å². The summed E-state index contributed by atoms with van der Waals surface area (Å²) in [7, 11) is 3.27. The first-order chi connectivity index (χ1) is 9.63. The molecule has 0 aliphatic heterocycles. The Kier molecular flexibility index (Phi) is 5.35. The molecule has 0 fully saturated rings. The number of hydrogen-bond acceptors (Lipinski definition) is 3. The molecule has 1 unspecified atom stereocenters. The molecule has 0 N–H and O–H groups in total. The van der Waals surface area contributed by atoms with Crippen molar-refractivity contribution in [3.63, 3.8) is 0 Å². The maximum Gasteiger partial charge on any atom is 0.141 e. The maximum absolute atomic E-state index is 6.68. The van der Waals surface area contributed by atoms with Crippen LogP contribution in [-0.2, 0) is 6.42 Å². The number of benzene rings is 1. The van der Waals surface area contributed by atoms with E-state index in [4.69, 9.17) is 21.1 Å². The first-order valence-corrected chi connectivity index (χ1v) is 8.35. The normalized spacial score (nSPS) is 12.2. The molecule has 1 aromatic heterocycles. The van der Waals surface area contributed by atoms with Gasteiger partial charge in [-0.05, 0) is 51.5 Å². The minimum Gasteiger partial charge on any atom is -0.495 e. The van der Waals surface area contributed by atoms with Crippen LogP contribution in [0.1, 0.15) is 28.3 Å². The molecule has 2 nitrogen and oxygen atoms in total. The van der Waals surface area contributed by atoms with Crippen molar-refractivity contribution in [2.24, 2.45) is 0 Å². The number of alkyl halides is 1. The van der Waals surface area contributed by atoms with Crippen LogP contribution in [-0.4, -0.2) is 14.2 Å². The van der Waals surface area contributed by atoms with E-state index in [0.29, 0.717) is 0 Å². The molecule has 0 bridgehead atoms. The molecule has 0 aliphatic rings. The molecular weight excluding hydrogens is 360 g/mol. The van der Waals surface area contributed by atoms with Crippen LogP contribution in [0.4, 0.5) is 0 Å². The van der Waals surface area contributed by atoms with Crippen LogP contribution < -0.4 is 9.47 Å². The van der Waals surface area contributed by atoms with Crippen LogP contribution in [0.5, 0.6) is 11.5 Å². The molecule has 2 rings (SSSR count). The second-order valence-corrected chi connectivity index (χ2v) is 6.41. The fourth-order valence-corrected chi connectivity index (χ4v) is 4.26. The molecule has 0 amide bonds. The Balaban J connectivity index is 2.49. The predicted molar refractivity (Wildman–Crippen MR) is 88.6 cm³/mol. The highest BCUT2D eigenvalue weighted by Crippen LogP contribution is 2.45. The Bertz CT molecular complexity index is 598. The fraction of sp³-hybridized carbons (Fsp3) is 0.333. The number of thiophene rings is 1. The molecule has 1 atom stereocenters. The zero-order chi connectivity index (χ0) is 14.7. The van der Waals surface area contributed by atoms with Gasteiger partial charge in [-0.1, -0.05) is 6.92 Å². The third-order valence-electron chi connectivity index (χ3n) is 3.18. The van der Waals surface area contributed by atoms with E-state index in [0.717, 1.165) is 28.0 Å². The topological polar surface area (TPSA) is 18.5 Å². The van der Waals surface area contributed by atoms with Gasteiger partial charge in [0.1, 0.15) is 16.0 Å². The number of ether oxygens (including phenoxy) is 2. The van der Waals surface area contributed by atoms with Crippen molar-refractivity contribution in [2.75, 3.05) is 14.2 Å². The zero-order valence-corrected chi connectivity index (χ0v) is 14.7. The highest BCUT2D eigenvalue weighted by Gasteiger charge is 2.22. The van der Waals surface area contributed by atoms with E-state index >= 15 is 0 Å². The van der Waals surface area contributed by atoms with Crippen LogP contribution in [0, 0.1) is 0 Å². The molecule has 2 aromatic rings. The van der Waals surface area contributed by atoms with Gasteiger partial charge in [-0.3, -0.25) is 0 Å². The maximum atomic E-state index is 6.68. The van der Waals surface area contributed by atoms with Crippen LogP contribution in [0.3, 0.4) is 0 Å². The zero-order valence-electron chi connectivity index (χ0n) is 11.6. The number of methoxy groups -OCH3 is 2. The molecule has 1 heterocycles. The molecule has 0 saturated heterocycles. The van der Waals surface area contributed by atoms with E-state index in [1.807, 2.05) is 12.1 Å². The number of aryl methyl sites for hydroxylation is 1. The number of halogens is 2. The van der Waals surface area contributed by atoms with Crippen LogP contribution in [0.15, 0.2) is 28.1 Å². The Morgan fingerprint density at radius 1 is 1.25 bits per heavy atom. The van der Waals surface area contributed by atoms with Crippen molar-refractivity contribution >= 4 is 38.9 Å². The van der Waals surface area contributed by atoms with E-state index < -0.39 is 0 Å². The molecule has 0 spiro atoms. The van der Waals surface area contributed by atoms with Crippen molar-refractivity contribution in [2.45, 2.75) is 18.7 Å². The van der Waals surface area contributed by atoms with Gasteiger partial charge < -0.3 is 9.47 Å². The first kappa shape index (κ1) is 15.7. The molecule has 0 aliphatic carbocycles. The van der Waals surface area contributed by atoms with Gasteiger partial charge in [0.25, 0.3) is 0 Å². The van der Waals surface area contributed by atoms with Gasteiger partial charge in [0.2, 0.25) is 0 Å². The van der Waals surface area contributed by atoms with Crippen molar-refractivity contribution < 1.29 is 9.47 Å². The van der Waals surface area contributed by atoms with Gasteiger partial charge in [0, 0.05) is 10.4 Å². The second-order valence-electron chi connectivity index (χ2n) is 4.23. The van der Waals surface area contributed by atoms with E-state index in [9.17, 15) is 0 Å². The van der Waals surface area contributed by atoms with Crippen molar-refractivity contribution in [1.82, 2.24) is 0 Å². The van der Waals surface area contributed by atoms with Gasteiger partial charge in [-0.2, -0.15) is 0 Å². The summed E-state index contributed by atoms with van der Waals surface area (Å²) in [5, 5.41) is 1.86. The van der Waals surface area contributed by atoms with E-state index in [-0.39, 0.29) is 5.38 Å². The van der Waals surface area contributed by atoms with Gasteiger partial charge in [-0.15, -0.1) is 22.9 Å². The highest BCUT2D eigenvalue weighted by molar-refractivity contribution is 9.10. The monoisotopic (exact) mass is 374 g/mol. The Labute approximate surface area is 136 Å². The largest absolute Gasteiger partial charge is 0.495 e. The van der Waals surface area contributed by atoms with Gasteiger partial charge in [0.05, 0.1) is 19.6 Å². The van der Waals surface area contributed by atoms with Gasteiger partial charge in [0.15, 0.2) is 0 Å². The molecule has 5 heteroatoms. The van der Waals surface area contributed by atoms with Crippen molar-refractivity contribution in [3.8, 4) is 11.5 Å². The number of rotatable bonds is 5. The van der Waals surface area contributed by atoms with Gasteiger partial charge in [-0.25, -0.2) is 0 Å². The molecule has 1 aromatic carbocycles. The molecule has 0 radical (unpaired) electrons. The SMILES string of the molecule is CCc1ccsc1C(Cl)c1ccc(OC)c(Br)c1OC. The lowest BCUT2D eigenvalue weighted by molar-refractivity contribution is 0.386. The average Bonchev–Trinajstić information content (AvgIpc) is 2.94. The van der Waals surface area contributed by atoms with Crippen LogP contribution in [0.2, 0.25) is 0 Å². The van der Waals surface area contributed by atoms with E-state index in [1.165, 1.54) is 10.4 Å². The molecule has 108 valence electrons. The fourth-order valence-electron chi connectivity index (χ4n) is 2.12. The van der Waals surface area contributed by atoms with Crippen molar-refractivity contribution in [3.05, 3.63) is 44.1 Å². The second kappa shape index (κ2) is 6.83. The summed E-state index contributed by atoms with van der Waals surface area (Å²) in [6.07, 6.45) is 0.974. The lowest BCUT2D eigenvalue weighted by Gasteiger charge is -2.17. The summed E-state index contributed by atoms with van der Waals surface area (Å²) < 4.78 is 11.6. The van der Waals surface area contributed by atoms with Crippen molar-refractivity contribution in [1.29, 1.82) is 0 Å². The lowest BCUT2D eigenvalue weighted by atomic mass is 10.1. The summed E-state index contributed by atoms with van der Waals surface area (Å²) in [5.74, 6) is 1.45. The molecule has 0 saturated carbocycles. The third-order valence-corrected chi connectivity index (χ3v) is 5.54. The van der Waals surface area contributed by atoms with E-state index in [2.05, 4.69) is 34.3 Å². The standard InChI is InChI=1S/C15H16BrClO2S/c1-4-9-7-8-20-15(9)13(17)10-5-6-11(18-2)12(16)14(10)19-3/h5-8,13H,4H2,1-3H3. The van der Waals surface area contributed by atoms with E-state index in [1.54, 1.807) is 25.6 Å².